The summed E-state index contributed by atoms with van der Waals surface area (Å²) in [6, 6.07) is 0. The lowest BCUT2D eigenvalue weighted by Gasteiger charge is -1.97. The predicted octanol–water partition coefficient (Wildman–Crippen LogP) is -0.391. The summed E-state index contributed by atoms with van der Waals surface area (Å²) >= 11 is 0. The second kappa shape index (κ2) is 2.61. The molecule has 1 rings (SSSR count). The lowest BCUT2D eigenvalue weighted by atomic mass is 11.0. The third-order valence-electron chi connectivity index (χ3n) is 1.33. The first-order valence-electron chi connectivity index (χ1n) is 3.14. The van der Waals surface area contributed by atoms with Crippen LogP contribution in [0.4, 0.5) is 0 Å². The first-order chi connectivity index (χ1) is 5.08. The SMILES string of the molecule is CCS(=O)(=O)c1nncn1C. The maximum atomic E-state index is 11.2. The smallest absolute Gasteiger partial charge is 0.249 e. The van der Waals surface area contributed by atoms with Crippen molar-refractivity contribution in [3.05, 3.63) is 6.33 Å². The average Bonchev–Trinajstić information content (AvgIpc) is 2.36. The fraction of sp³-hybridized carbons (Fsp3) is 0.600. The van der Waals surface area contributed by atoms with Gasteiger partial charge >= 0.3 is 0 Å². The van der Waals surface area contributed by atoms with Crippen LogP contribution in [-0.2, 0) is 16.9 Å². The second-order valence-electron chi connectivity index (χ2n) is 2.13. The van der Waals surface area contributed by atoms with Crippen LogP contribution in [0.5, 0.6) is 0 Å². The number of hydrogen-bond acceptors (Lipinski definition) is 4. The van der Waals surface area contributed by atoms with Crippen molar-refractivity contribution in [3.63, 3.8) is 0 Å². The van der Waals surface area contributed by atoms with E-state index in [4.69, 9.17) is 0 Å². The van der Waals surface area contributed by atoms with Gasteiger partial charge in [-0.15, -0.1) is 10.2 Å². The molecule has 0 spiro atoms. The van der Waals surface area contributed by atoms with Crippen LogP contribution in [0.1, 0.15) is 6.92 Å². The summed E-state index contributed by atoms with van der Waals surface area (Å²) in [5.41, 5.74) is 0. The van der Waals surface area contributed by atoms with Gasteiger partial charge in [0.15, 0.2) is 0 Å². The Morgan fingerprint density at radius 3 is 2.64 bits per heavy atom. The molecule has 0 aliphatic heterocycles. The van der Waals surface area contributed by atoms with Crippen molar-refractivity contribution < 1.29 is 8.42 Å². The van der Waals surface area contributed by atoms with Gasteiger partial charge in [0.2, 0.25) is 15.0 Å². The van der Waals surface area contributed by atoms with Gasteiger partial charge in [-0.2, -0.15) is 0 Å². The summed E-state index contributed by atoms with van der Waals surface area (Å²) in [5.74, 6) is 0.0551. The molecule has 0 radical (unpaired) electrons. The molecule has 0 N–H and O–H groups in total. The summed E-state index contributed by atoms with van der Waals surface area (Å²) < 4.78 is 23.7. The van der Waals surface area contributed by atoms with E-state index in [9.17, 15) is 8.42 Å². The highest BCUT2D eigenvalue weighted by molar-refractivity contribution is 7.91. The van der Waals surface area contributed by atoms with Crippen LogP contribution in [0, 0.1) is 0 Å². The average molecular weight is 175 g/mol. The monoisotopic (exact) mass is 175 g/mol. The largest absolute Gasteiger partial charge is 0.308 e. The summed E-state index contributed by atoms with van der Waals surface area (Å²) in [6.07, 6.45) is 1.36. The first kappa shape index (κ1) is 8.19. The zero-order chi connectivity index (χ0) is 8.48. The normalized spacial score (nSPS) is 11.8. The van der Waals surface area contributed by atoms with E-state index in [0.717, 1.165) is 0 Å². The number of nitrogens with zero attached hydrogens (tertiary/aromatic N) is 3. The molecule has 0 saturated heterocycles. The van der Waals surface area contributed by atoms with Crippen LogP contribution in [-0.4, -0.2) is 28.9 Å². The van der Waals surface area contributed by atoms with E-state index in [-0.39, 0.29) is 10.9 Å². The maximum absolute atomic E-state index is 11.2. The molecular weight excluding hydrogens is 166 g/mol. The molecule has 1 heterocycles. The fourth-order valence-electron chi connectivity index (χ4n) is 0.683. The van der Waals surface area contributed by atoms with E-state index in [1.54, 1.807) is 14.0 Å². The molecule has 6 heteroatoms. The van der Waals surface area contributed by atoms with Crippen LogP contribution in [0.3, 0.4) is 0 Å². The minimum Gasteiger partial charge on any atom is -0.308 e. The lowest BCUT2D eigenvalue weighted by Crippen LogP contribution is -2.09. The van der Waals surface area contributed by atoms with Crippen LogP contribution >= 0.6 is 0 Å². The molecule has 0 aromatic carbocycles. The molecule has 1 aromatic heterocycles. The minimum atomic E-state index is -3.20. The molecule has 0 unspecified atom stereocenters. The van der Waals surface area contributed by atoms with Crippen molar-refractivity contribution in [1.82, 2.24) is 14.8 Å². The molecule has 11 heavy (non-hydrogen) atoms. The number of sulfone groups is 1. The molecule has 0 atom stereocenters. The van der Waals surface area contributed by atoms with Gasteiger partial charge < -0.3 is 4.57 Å². The molecule has 5 nitrogen and oxygen atoms in total. The quantitative estimate of drug-likeness (QED) is 0.614. The van der Waals surface area contributed by atoms with E-state index in [1.807, 2.05) is 0 Å². The van der Waals surface area contributed by atoms with Crippen LogP contribution in [0.25, 0.3) is 0 Å². The Kier molecular flexibility index (Phi) is 1.95. The van der Waals surface area contributed by atoms with Crippen molar-refractivity contribution in [2.24, 2.45) is 7.05 Å². The van der Waals surface area contributed by atoms with Gasteiger partial charge in [-0.05, 0) is 0 Å². The maximum Gasteiger partial charge on any atom is 0.249 e. The Labute approximate surface area is 65.0 Å². The van der Waals surface area contributed by atoms with Crippen molar-refractivity contribution >= 4 is 9.84 Å². The highest BCUT2D eigenvalue weighted by atomic mass is 32.2. The molecule has 0 amide bonds. The number of hydrogen-bond donors (Lipinski definition) is 0. The number of rotatable bonds is 2. The van der Waals surface area contributed by atoms with E-state index in [0.29, 0.717) is 0 Å². The first-order valence-corrected chi connectivity index (χ1v) is 4.80. The van der Waals surface area contributed by atoms with Crippen LogP contribution < -0.4 is 0 Å². The van der Waals surface area contributed by atoms with Gasteiger partial charge in [-0.3, -0.25) is 0 Å². The molecular formula is C5H9N3O2S. The molecule has 1 aromatic rings. The second-order valence-corrected chi connectivity index (χ2v) is 4.30. The number of aryl methyl sites for hydroxylation is 1. The zero-order valence-electron chi connectivity index (χ0n) is 6.35. The van der Waals surface area contributed by atoms with E-state index < -0.39 is 9.84 Å². The molecule has 0 saturated carbocycles. The van der Waals surface area contributed by atoms with Gasteiger partial charge in [-0.25, -0.2) is 8.42 Å². The predicted molar refractivity (Wildman–Crippen MR) is 38.7 cm³/mol. The Morgan fingerprint density at radius 1 is 1.64 bits per heavy atom. The molecule has 0 bridgehead atoms. The van der Waals surface area contributed by atoms with Gasteiger partial charge in [0.1, 0.15) is 6.33 Å². The molecule has 0 aliphatic carbocycles. The van der Waals surface area contributed by atoms with Crippen LogP contribution in [0.15, 0.2) is 11.5 Å². The minimum absolute atomic E-state index is 0.0278. The summed E-state index contributed by atoms with van der Waals surface area (Å²) in [5, 5.41) is 6.98. The van der Waals surface area contributed by atoms with E-state index in [1.165, 1.54) is 10.9 Å². The summed E-state index contributed by atoms with van der Waals surface area (Å²) in [7, 11) is -1.60. The molecule has 62 valence electrons. The Balaban J connectivity index is 3.22. The fourth-order valence-corrected chi connectivity index (χ4v) is 1.60. The third kappa shape index (κ3) is 1.40. The topological polar surface area (TPSA) is 64.8 Å². The molecule has 0 fully saturated rings. The van der Waals surface area contributed by atoms with E-state index >= 15 is 0 Å². The van der Waals surface area contributed by atoms with Crippen molar-refractivity contribution in [2.45, 2.75) is 12.1 Å². The highest BCUT2D eigenvalue weighted by Crippen LogP contribution is 2.03. The third-order valence-corrected chi connectivity index (χ3v) is 3.01. The van der Waals surface area contributed by atoms with Crippen molar-refractivity contribution in [2.75, 3.05) is 5.75 Å². The van der Waals surface area contributed by atoms with Gasteiger partial charge in [0, 0.05) is 7.05 Å². The lowest BCUT2D eigenvalue weighted by molar-refractivity contribution is 0.579. The van der Waals surface area contributed by atoms with Gasteiger partial charge in [0.05, 0.1) is 5.75 Å². The summed E-state index contributed by atoms with van der Waals surface area (Å²) in [6.45, 7) is 1.57. The number of aromatic nitrogens is 3. The van der Waals surface area contributed by atoms with Crippen molar-refractivity contribution in [1.29, 1.82) is 0 Å². The Morgan fingerprint density at radius 2 is 2.27 bits per heavy atom. The standard InChI is InChI=1S/C5H9N3O2S/c1-3-11(9,10)5-7-6-4-8(5)2/h4H,3H2,1-2H3. The van der Waals surface area contributed by atoms with E-state index in [2.05, 4.69) is 10.2 Å². The summed E-state index contributed by atoms with van der Waals surface area (Å²) in [4.78, 5) is 0. The highest BCUT2D eigenvalue weighted by Gasteiger charge is 2.16. The zero-order valence-corrected chi connectivity index (χ0v) is 7.17. The van der Waals surface area contributed by atoms with Gasteiger partial charge in [0.25, 0.3) is 0 Å². The molecule has 0 aliphatic rings. The Bertz CT molecular complexity index is 340. The van der Waals surface area contributed by atoms with Gasteiger partial charge in [-0.1, -0.05) is 6.92 Å². The van der Waals surface area contributed by atoms with Crippen molar-refractivity contribution in [3.8, 4) is 0 Å². The Hall–Kier alpha value is -0.910. The van der Waals surface area contributed by atoms with Crippen LogP contribution in [0.2, 0.25) is 0 Å².